The molecular weight excluding hydrogens is 382 g/mol. The van der Waals surface area contributed by atoms with Gasteiger partial charge in [0.05, 0.1) is 12.2 Å². The van der Waals surface area contributed by atoms with Crippen molar-refractivity contribution >= 4 is 11.9 Å². The average molecular weight is 405 g/mol. The molecule has 0 saturated heterocycles. The minimum Gasteiger partial charge on any atom is -0.462 e. The summed E-state index contributed by atoms with van der Waals surface area (Å²) >= 11 is 0. The third-order valence-corrected chi connectivity index (χ3v) is 4.63. The van der Waals surface area contributed by atoms with Crippen LogP contribution >= 0.6 is 0 Å². The highest BCUT2D eigenvalue weighted by molar-refractivity contribution is 5.93. The first-order valence-corrected chi connectivity index (χ1v) is 9.67. The zero-order chi connectivity index (χ0) is 21.7. The molecule has 0 unspecified atom stereocenters. The van der Waals surface area contributed by atoms with Crippen LogP contribution in [0.1, 0.15) is 41.0 Å². The van der Waals surface area contributed by atoms with E-state index in [4.69, 9.17) is 9.47 Å². The van der Waals surface area contributed by atoms with Gasteiger partial charge in [-0.1, -0.05) is 48.5 Å². The van der Waals surface area contributed by atoms with E-state index < -0.39 is 17.5 Å². The smallest absolute Gasteiger partial charge is 0.340 e. The maximum absolute atomic E-state index is 13.4. The molecule has 3 aromatic rings. The number of carbonyl (C=O) groups excluding carboxylic acids is 2. The minimum atomic E-state index is -0.639. The van der Waals surface area contributed by atoms with Gasteiger partial charge in [0.2, 0.25) is 5.75 Å². The molecule has 0 radical (unpaired) electrons. The molecule has 0 N–H and O–H groups in total. The van der Waals surface area contributed by atoms with Crippen molar-refractivity contribution in [3.8, 4) is 11.4 Å². The summed E-state index contributed by atoms with van der Waals surface area (Å²) in [5, 5.41) is 0. The van der Waals surface area contributed by atoms with Gasteiger partial charge in [-0.05, 0) is 31.5 Å². The van der Waals surface area contributed by atoms with E-state index in [9.17, 15) is 14.4 Å². The van der Waals surface area contributed by atoms with Crippen molar-refractivity contribution in [1.29, 1.82) is 0 Å². The Morgan fingerprint density at radius 1 is 0.967 bits per heavy atom. The van der Waals surface area contributed by atoms with Crippen LogP contribution in [0.2, 0.25) is 0 Å². The molecule has 0 aliphatic carbocycles. The van der Waals surface area contributed by atoms with Crippen LogP contribution in [-0.2, 0) is 16.0 Å². The lowest BCUT2D eigenvalue weighted by Gasteiger charge is -2.20. The number of carbonyl (C=O) groups is 2. The predicted molar refractivity (Wildman–Crippen MR) is 113 cm³/mol. The van der Waals surface area contributed by atoms with Crippen molar-refractivity contribution in [1.82, 2.24) is 4.57 Å². The second-order valence-electron chi connectivity index (χ2n) is 6.72. The van der Waals surface area contributed by atoms with Crippen LogP contribution in [0.4, 0.5) is 0 Å². The van der Waals surface area contributed by atoms with E-state index in [0.717, 1.165) is 5.56 Å². The predicted octanol–water partition coefficient (Wildman–Crippen LogP) is 3.84. The number of esters is 2. The zero-order valence-electron chi connectivity index (χ0n) is 17.2. The molecule has 30 heavy (non-hydrogen) atoms. The van der Waals surface area contributed by atoms with E-state index in [0.29, 0.717) is 16.9 Å². The van der Waals surface area contributed by atoms with Gasteiger partial charge in [-0.2, -0.15) is 0 Å². The molecule has 0 aliphatic rings. The molecule has 6 nitrogen and oxygen atoms in total. The van der Waals surface area contributed by atoms with E-state index in [-0.39, 0.29) is 24.3 Å². The van der Waals surface area contributed by atoms with Crippen molar-refractivity contribution in [2.75, 3.05) is 6.61 Å². The average Bonchev–Trinajstić information content (AvgIpc) is 2.72. The van der Waals surface area contributed by atoms with E-state index >= 15 is 0 Å². The van der Waals surface area contributed by atoms with Crippen LogP contribution in [0.5, 0.6) is 5.75 Å². The molecular formula is C24H23NO5. The molecule has 0 spiro atoms. The number of rotatable bonds is 6. The summed E-state index contributed by atoms with van der Waals surface area (Å²) in [5.74, 6) is -1.37. The lowest BCUT2D eigenvalue weighted by atomic mass is 9.97. The molecule has 0 bridgehead atoms. The number of benzene rings is 2. The Labute approximate surface area is 174 Å². The maximum Gasteiger partial charge on any atom is 0.340 e. The molecule has 0 amide bonds. The van der Waals surface area contributed by atoms with E-state index in [1.54, 1.807) is 38.1 Å². The number of pyridine rings is 1. The number of nitrogens with zero attached hydrogens (tertiary/aromatic N) is 1. The Kier molecular flexibility index (Phi) is 6.47. The molecule has 0 saturated carbocycles. The zero-order valence-corrected chi connectivity index (χ0v) is 17.2. The Morgan fingerprint density at radius 3 is 2.13 bits per heavy atom. The Balaban J connectivity index is 2.36. The van der Waals surface area contributed by atoms with Crippen molar-refractivity contribution < 1.29 is 19.1 Å². The second-order valence-corrected chi connectivity index (χ2v) is 6.72. The summed E-state index contributed by atoms with van der Waals surface area (Å²) in [4.78, 5) is 38.2. The SMILES string of the molecule is CCOC(=O)c1c(Cc2ccccc2)c(OC(C)=O)c(=O)n(-c2ccccc2)c1C. The molecule has 6 heteroatoms. The van der Waals surface area contributed by atoms with Gasteiger partial charge in [-0.3, -0.25) is 14.2 Å². The first-order valence-electron chi connectivity index (χ1n) is 9.67. The van der Waals surface area contributed by atoms with Gasteiger partial charge in [-0.15, -0.1) is 0 Å². The highest BCUT2D eigenvalue weighted by Gasteiger charge is 2.27. The number of ether oxygens (including phenoxy) is 2. The van der Waals surface area contributed by atoms with Gasteiger partial charge in [0.25, 0.3) is 5.56 Å². The number of para-hydroxylation sites is 1. The van der Waals surface area contributed by atoms with Crippen molar-refractivity contribution in [2.24, 2.45) is 0 Å². The Hall–Kier alpha value is -3.67. The fraction of sp³-hybridized carbons (Fsp3) is 0.208. The monoisotopic (exact) mass is 405 g/mol. The summed E-state index contributed by atoms with van der Waals surface area (Å²) in [6.07, 6.45) is 0.239. The maximum atomic E-state index is 13.4. The number of hydrogen-bond acceptors (Lipinski definition) is 5. The summed E-state index contributed by atoms with van der Waals surface area (Å²) in [6.45, 7) is 4.80. The van der Waals surface area contributed by atoms with Gasteiger partial charge in [0, 0.05) is 30.3 Å². The first-order chi connectivity index (χ1) is 14.4. The van der Waals surface area contributed by atoms with E-state index in [1.165, 1.54) is 11.5 Å². The summed E-state index contributed by atoms with van der Waals surface area (Å²) < 4.78 is 12.0. The molecule has 1 aromatic heterocycles. The topological polar surface area (TPSA) is 74.6 Å². The third-order valence-electron chi connectivity index (χ3n) is 4.63. The molecule has 3 rings (SSSR count). The van der Waals surface area contributed by atoms with Crippen LogP contribution in [0.3, 0.4) is 0 Å². The van der Waals surface area contributed by atoms with E-state index in [2.05, 4.69) is 0 Å². The van der Waals surface area contributed by atoms with Crippen molar-refractivity contribution in [3.63, 3.8) is 0 Å². The van der Waals surface area contributed by atoms with Gasteiger partial charge < -0.3 is 9.47 Å². The number of aromatic nitrogens is 1. The van der Waals surface area contributed by atoms with Crippen LogP contribution in [-0.4, -0.2) is 23.1 Å². The molecule has 2 aromatic carbocycles. The minimum absolute atomic E-state index is 0.163. The molecule has 154 valence electrons. The number of hydrogen-bond donors (Lipinski definition) is 0. The Morgan fingerprint density at radius 2 is 1.57 bits per heavy atom. The van der Waals surface area contributed by atoms with Crippen molar-refractivity contribution in [3.05, 3.63) is 93.4 Å². The summed E-state index contributed by atoms with van der Waals surface area (Å²) in [5.41, 5.74) is 1.90. The lowest BCUT2D eigenvalue weighted by molar-refractivity contribution is -0.132. The first kappa shape index (κ1) is 21.0. The van der Waals surface area contributed by atoms with E-state index in [1.807, 2.05) is 36.4 Å². The van der Waals surface area contributed by atoms with Crippen LogP contribution in [0.25, 0.3) is 5.69 Å². The lowest BCUT2D eigenvalue weighted by Crippen LogP contribution is -2.29. The Bertz CT molecular complexity index is 1120. The molecule has 0 atom stereocenters. The fourth-order valence-corrected chi connectivity index (χ4v) is 3.41. The normalized spacial score (nSPS) is 10.5. The van der Waals surface area contributed by atoms with Crippen molar-refractivity contribution in [2.45, 2.75) is 27.2 Å². The van der Waals surface area contributed by atoms with Gasteiger partial charge in [-0.25, -0.2) is 4.79 Å². The largest absolute Gasteiger partial charge is 0.462 e. The molecule has 1 heterocycles. The summed E-state index contributed by atoms with van der Waals surface area (Å²) in [6, 6.07) is 18.3. The molecule has 0 aliphatic heterocycles. The fourth-order valence-electron chi connectivity index (χ4n) is 3.41. The second kappa shape index (κ2) is 9.22. The standard InChI is InChI=1S/C24H23NO5/c1-4-29-24(28)21-16(2)25(19-13-9-6-10-14-19)23(27)22(30-17(3)26)20(21)15-18-11-7-5-8-12-18/h5-14H,4,15H2,1-3H3. The highest BCUT2D eigenvalue weighted by atomic mass is 16.5. The van der Waals surface area contributed by atoms with Crippen LogP contribution in [0.15, 0.2) is 65.5 Å². The van der Waals surface area contributed by atoms with Gasteiger partial charge >= 0.3 is 11.9 Å². The molecule has 0 fully saturated rings. The van der Waals surface area contributed by atoms with Crippen LogP contribution < -0.4 is 10.3 Å². The quantitative estimate of drug-likeness (QED) is 0.583. The third kappa shape index (κ3) is 4.33. The highest BCUT2D eigenvalue weighted by Crippen LogP contribution is 2.28. The van der Waals surface area contributed by atoms with Crippen LogP contribution in [0, 0.1) is 6.92 Å². The summed E-state index contributed by atoms with van der Waals surface area (Å²) in [7, 11) is 0. The van der Waals surface area contributed by atoms with Gasteiger partial charge in [0.15, 0.2) is 0 Å². The van der Waals surface area contributed by atoms with Gasteiger partial charge in [0.1, 0.15) is 0 Å².